The molecule has 0 aliphatic rings. The second kappa shape index (κ2) is 6.54. The van der Waals surface area contributed by atoms with E-state index in [-0.39, 0.29) is 6.42 Å². The number of hydrogen-bond acceptors (Lipinski definition) is 5. The molecule has 6 nitrogen and oxygen atoms in total. The summed E-state index contributed by atoms with van der Waals surface area (Å²) in [5, 5.41) is 13.3. The predicted octanol–water partition coefficient (Wildman–Crippen LogP) is 2.35. The smallest absolute Gasteiger partial charge is 0.310 e. The second-order valence-corrected chi connectivity index (χ2v) is 4.63. The molecule has 0 radical (unpaired) electrons. The minimum atomic E-state index is -0.812. The Kier molecular flexibility index (Phi) is 5.32. The average molecular weight is 269 g/mol. The van der Waals surface area contributed by atoms with E-state index in [4.69, 9.17) is 4.52 Å². The van der Waals surface area contributed by atoms with Crippen LogP contribution in [0.1, 0.15) is 46.4 Å². The van der Waals surface area contributed by atoms with E-state index < -0.39 is 11.4 Å². The molecular formula is C13H23N3O3. The van der Waals surface area contributed by atoms with Crippen molar-refractivity contribution in [2.45, 2.75) is 47.0 Å². The molecular weight excluding hydrogens is 246 g/mol. The highest BCUT2D eigenvalue weighted by Gasteiger charge is 2.37. The molecule has 0 bridgehead atoms. The zero-order chi connectivity index (χ0) is 14.5. The predicted molar refractivity (Wildman–Crippen MR) is 72.2 cm³/mol. The first-order valence-electron chi connectivity index (χ1n) is 6.83. The third-order valence-corrected chi connectivity index (χ3v) is 3.80. The van der Waals surface area contributed by atoms with E-state index in [1.54, 1.807) is 0 Å². The number of rotatable bonds is 8. The van der Waals surface area contributed by atoms with Gasteiger partial charge in [0.05, 0.1) is 5.41 Å². The van der Waals surface area contributed by atoms with E-state index in [0.29, 0.717) is 24.7 Å². The van der Waals surface area contributed by atoms with Gasteiger partial charge in [0.2, 0.25) is 5.89 Å². The SMILES string of the molecule is CCN(CC)c1noc(CC(CC)(CC)C(=O)O)n1. The van der Waals surface area contributed by atoms with Gasteiger partial charge in [0.1, 0.15) is 0 Å². The molecule has 108 valence electrons. The van der Waals surface area contributed by atoms with E-state index in [1.165, 1.54) is 0 Å². The maximum absolute atomic E-state index is 11.4. The Morgan fingerprint density at radius 1 is 1.26 bits per heavy atom. The summed E-state index contributed by atoms with van der Waals surface area (Å²) in [7, 11) is 0. The molecule has 1 heterocycles. The fourth-order valence-corrected chi connectivity index (χ4v) is 2.12. The van der Waals surface area contributed by atoms with Crippen LogP contribution >= 0.6 is 0 Å². The van der Waals surface area contributed by atoms with Gasteiger partial charge in [0.25, 0.3) is 5.95 Å². The van der Waals surface area contributed by atoms with Crippen molar-refractivity contribution >= 4 is 11.9 Å². The van der Waals surface area contributed by atoms with E-state index in [9.17, 15) is 9.90 Å². The molecule has 1 rings (SSSR count). The van der Waals surface area contributed by atoms with Gasteiger partial charge in [-0.05, 0) is 31.8 Å². The number of hydrogen-bond donors (Lipinski definition) is 1. The van der Waals surface area contributed by atoms with E-state index in [0.717, 1.165) is 13.1 Å². The minimum absolute atomic E-state index is 0.281. The standard InChI is InChI=1S/C13H23N3O3/c1-5-13(6-2,11(17)18)9-10-14-12(15-19-10)16(7-3)8-4/h5-9H2,1-4H3,(H,17,18). The van der Waals surface area contributed by atoms with Crippen LogP contribution in [0.25, 0.3) is 0 Å². The number of nitrogens with zero attached hydrogens (tertiary/aromatic N) is 3. The molecule has 1 aromatic rings. The fraction of sp³-hybridized carbons (Fsp3) is 0.769. The normalized spacial score (nSPS) is 11.6. The largest absolute Gasteiger partial charge is 0.481 e. The van der Waals surface area contributed by atoms with Crippen molar-refractivity contribution in [3.8, 4) is 0 Å². The molecule has 0 unspecified atom stereocenters. The van der Waals surface area contributed by atoms with Gasteiger partial charge in [-0.2, -0.15) is 4.98 Å². The molecule has 0 amide bonds. The van der Waals surface area contributed by atoms with Gasteiger partial charge in [-0.3, -0.25) is 4.79 Å². The lowest BCUT2D eigenvalue weighted by molar-refractivity contribution is -0.149. The van der Waals surface area contributed by atoms with Gasteiger partial charge in [0.15, 0.2) is 0 Å². The summed E-state index contributed by atoms with van der Waals surface area (Å²) in [6.07, 6.45) is 1.37. The quantitative estimate of drug-likeness (QED) is 0.780. The van der Waals surface area contributed by atoms with Crippen molar-refractivity contribution in [1.29, 1.82) is 0 Å². The van der Waals surface area contributed by atoms with Crippen LogP contribution in [0, 0.1) is 5.41 Å². The summed E-state index contributed by atoms with van der Waals surface area (Å²) in [6, 6.07) is 0. The molecule has 6 heteroatoms. The Morgan fingerprint density at radius 2 is 1.84 bits per heavy atom. The van der Waals surface area contributed by atoms with Crippen LogP contribution in [0.4, 0.5) is 5.95 Å². The maximum Gasteiger partial charge on any atom is 0.310 e. The van der Waals surface area contributed by atoms with Gasteiger partial charge in [-0.25, -0.2) is 0 Å². The van der Waals surface area contributed by atoms with E-state index in [1.807, 2.05) is 32.6 Å². The molecule has 0 fully saturated rings. The highest BCUT2D eigenvalue weighted by molar-refractivity contribution is 5.74. The van der Waals surface area contributed by atoms with Gasteiger partial charge in [0, 0.05) is 19.5 Å². The summed E-state index contributed by atoms with van der Waals surface area (Å²) in [5.74, 6) is 0.125. The molecule has 1 N–H and O–H groups in total. The topological polar surface area (TPSA) is 79.5 Å². The third-order valence-electron chi connectivity index (χ3n) is 3.80. The molecule has 0 aliphatic heterocycles. The Balaban J connectivity index is 2.90. The number of aromatic nitrogens is 2. The number of aliphatic carboxylic acids is 1. The van der Waals surface area contributed by atoms with Crippen molar-refractivity contribution < 1.29 is 14.4 Å². The first-order valence-corrected chi connectivity index (χ1v) is 6.83. The Hall–Kier alpha value is -1.59. The maximum atomic E-state index is 11.4. The highest BCUT2D eigenvalue weighted by atomic mass is 16.5. The number of carbonyl (C=O) groups is 1. The van der Waals surface area contributed by atoms with Crippen LogP contribution in [-0.2, 0) is 11.2 Å². The van der Waals surface area contributed by atoms with Crippen LogP contribution < -0.4 is 4.90 Å². The molecule has 1 aromatic heterocycles. The second-order valence-electron chi connectivity index (χ2n) is 4.63. The van der Waals surface area contributed by atoms with Crippen molar-refractivity contribution in [2.24, 2.45) is 5.41 Å². The number of carboxylic acids is 1. The lowest BCUT2D eigenvalue weighted by atomic mass is 9.79. The highest BCUT2D eigenvalue weighted by Crippen LogP contribution is 2.31. The van der Waals surface area contributed by atoms with E-state index in [2.05, 4.69) is 10.1 Å². The molecule has 0 atom stereocenters. The van der Waals surface area contributed by atoms with E-state index >= 15 is 0 Å². The van der Waals surface area contributed by atoms with Gasteiger partial charge in [-0.15, -0.1) is 0 Å². The van der Waals surface area contributed by atoms with Crippen molar-refractivity contribution in [1.82, 2.24) is 10.1 Å². The summed E-state index contributed by atoms with van der Waals surface area (Å²) in [4.78, 5) is 17.7. The van der Waals surface area contributed by atoms with Crippen LogP contribution in [-0.4, -0.2) is 34.3 Å². The molecule has 19 heavy (non-hydrogen) atoms. The number of anilines is 1. The Bertz CT molecular complexity index is 409. The van der Waals surface area contributed by atoms with Gasteiger partial charge < -0.3 is 14.5 Å². The molecule has 0 aromatic carbocycles. The summed E-state index contributed by atoms with van der Waals surface area (Å²) >= 11 is 0. The summed E-state index contributed by atoms with van der Waals surface area (Å²) in [5.41, 5.74) is -0.812. The zero-order valence-electron chi connectivity index (χ0n) is 12.1. The lowest BCUT2D eigenvalue weighted by Crippen LogP contribution is -2.32. The number of carboxylic acid groups (broad SMARTS) is 1. The first-order chi connectivity index (χ1) is 9.02. The van der Waals surface area contributed by atoms with Crippen molar-refractivity contribution in [3.05, 3.63) is 5.89 Å². The Labute approximate surface area is 113 Å². The molecule has 0 aliphatic carbocycles. The summed E-state index contributed by atoms with van der Waals surface area (Å²) < 4.78 is 5.19. The Morgan fingerprint density at radius 3 is 2.26 bits per heavy atom. The third kappa shape index (κ3) is 3.24. The van der Waals surface area contributed by atoms with Crippen LogP contribution in [0.5, 0.6) is 0 Å². The fourth-order valence-electron chi connectivity index (χ4n) is 2.12. The van der Waals surface area contributed by atoms with Gasteiger partial charge >= 0.3 is 5.97 Å². The molecule has 0 saturated heterocycles. The van der Waals surface area contributed by atoms with Crippen LogP contribution in [0.2, 0.25) is 0 Å². The lowest BCUT2D eigenvalue weighted by Gasteiger charge is -2.24. The van der Waals surface area contributed by atoms with Crippen molar-refractivity contribution in [3.63, 3.8) is 0 Å². The van der Waals surface area contributed by atoms with Gasteiger partial charge in [-0.1, -0.05) is 13.8 Å². The van der Waals surface area contributed by atoms with Crippen LogP contribution in [0.15, 0.2) is 4.52 Å². The average Bonchev–Trinajstić information content (AvgIpc) is 2.85. The minimum Gasteiger partial charge on any atom is -0.481 e. The monoisotopic (exact) mass is 269 g/mol. The van der Waals surface area contributed by atoms with Crippen LogP contribution in [0.3, 0.4) is 0 Å². The van der Waals surface area contributed by atoms with Crippen molar-refractivity contribution in [2.75, 3.05) is 18.0 Å². The first kappa shape index (κ1) is 15.5. The molecule has 0 saturated carbocycles. The molecule has 0 spiro atoms. The zero-order valence-corrected chi connectivity index (χ0v) is 12.1. The summed E-state index contributed by atoms with van der Waals surface area (Å²) in [6.45, 7) is 9.36.